The Kier molecular flexibility index (Phi) is 4.09. The predicted molar refractivity (Wildman–Crippen MR) is 56.4 cm³/mol. The summed E-state index contributed by atoms with van der Waals surface area (Å²) in [6.07, 6.45) is 5.12. The topological polar surface area (TPSA) is 51.8 Å². The van der Waals surface area contributed by atoms with Gasteiger partial charge in [0.25, 0.3) is 0 Å². The third kappa shape index (κ3) is 3.15. The molecule has 1 heterocycles. The highest BCUT2D eigenvalue weighted by Gasteiger charge is 2.06. The van der Waals surface area contributed by atoms with Crippen molar-refractivity contribution in [3.63, 3.8) is 0 Å². The molecule has 2 N–H and O–H groups in total. The Bertz CT molecular complexity index is 332. The van der Waals surface area contributed by atoms with Crippen molar-refractivity contribution in [1.82, 2.24) is 9.97 Å². The molecule has 1 aromatic rings. The predicted octanol–water partition coefficient (Wildman–Crippen LogP) is 1.59. The standard InChI is InChI=1S/C11H15N3/c1-3-4-5-6-10(12)11-8-13-9(2)7-14-11/h7-8,10H,5-6,12H2,1-2H3. The molecule has 3 nitrogen and oxygen atoms in total. The van der Waals surface area contributed by atoms with Gasteiger partial charge in [-0.25, -0.2) is 0 Å². The molecular weight excluding hydrogens is 174 g/mol. The molecule has 0 aliphatic rings. The number of aromatic nitrogens is 2. The van der Waals surface area contributed by atoms with Crippen molar-refractivity contribution < 1.29 is 0 Å². The summed E-state index contributed by atoms with van der Waals surface area (Å²) in [6, 6.07) is -0.0519. The number of nitrogens with zero attached hydrogens (tertiary/aromatic N) is 2. The fourth-order valence-electron chi connectivity index (χ4n) is 1.09. The van der Waals surface area contributed by atoms with Crippen molar-refractivity contribution in [1.29, 1.82) is 0 Å². The summed E-state index contributed by atoms with van der Waals surface area (Å²) in [5, 5.41) is 0. The molecule has 0 spiro atoms. The number of aryl methyl sites for hydroxylation is 1. The number of nitrogens with two attached hydrogens (primary N) is 1. The first-order chi connectivity index (χ1) is 6.74. The Labute approximate surface area is 84.8 Å². The van der Waals surface area contributed by atoms with Gasteiger partial charge in [0.05, 0.1) is 17.6 Å². The van der Waals surface area contributed by atoms with Crippen LogP contribution < -0.4 is 5.73 Å². The van der Waals surface area contributed by atoms with Crippen molar-refractivity contribution >= 4 is 0 Å². The first-order valence-electron chi connectivity index (χ1n) is 4.67. The molecule has 0 aliphatic heterocycles. The monoisotopic (exact) mass is 189 g/mol. The van der Waals surface area contributed by atoms with E-state index < -0.39 is 0 Å². The molecule has 1 rings (SSSR count). The lowest BCUT2D eigenvalue weighted by atomic mass is 10.1. The zero-order valence-electron chi connectivity index (χ0n) is 8.62. The van der Waals surface area contributed by atoms with E-state index >= 15 is 0 Å². The van der Waals surface area contributed by atoms with Crippen LogP contribution in [0.2, 0.25) is 0 Å². The summed E-state index contributed by atoms with van der Waals surface area (Å²) < 4.78 is 0. The normalized spacial score (nSPS) is 11.6. The van der Waals surface area contributed by atoms with Crippen molar-refractivity contribution in [2.45, 2.75) is 32.7 Å². The molecule has 0 amide bonds. The van der Waals surface area contributed by atoms with E-state index in [1.807, 2.05) is 13.8 Å². The molecule has 3 heteroatoms. The Balaban J connectivity index is 2.54. The lowest BCUT2D eigenvalue weighted by molar-refractivity contribution is 0.643. The van der Waals surface area contributed by atoms with Crippen molar-refractivity contribution in [2.75, 3.05) is 0 Å². The quantitative estimate of drug-likeness (QED) is 0.734. The van der Waals surface area contributed by atoms with Gasteiger partial charge in [0.15, 0.2) is 0 Å². The molecule has 0 saturated heterocycles. The first-order valence-corrected chi connectivity index (χ1v) is 4.67. The molecule has 0 aromatic carbocycles. The summed E-state index contributed by atoms with van der Waals surface area (Å²) >= 11 is 0. The van der Waals surface area contributed by atoms with Gasteiger partial charge in [-0.15, -0.1) is 11.8 Å². The third-order valence-electron chi connectivity index (χ3n) is 1.94. The molecule has 0 saturated carbocycles. The number of hydrogen-bond acceptors (Lipinski definition) is 3. The van der Waals surface area contributed by atoms with Crippen LogP contribution in [0.4, 0.5) is 0 Å². The van der Waals surface area contributed by atoms with E-state index in [0.717, 1.165) is 24.2 Å². The SMILES string of the molecule is CC#CCCC(N)c1cnc(C)cn1. The van der Waals surface area contributed by atoms with Crippen LogP contribution in [0.1, 0.15) is 37.2 Å². The number of rotatable bonds is 3. The summed E-state index contributed by atoms with van der Waals surface area (Å²) in [5.41, 5.74) is 7.67. The minimum absolute atomic E-state index is 0.0519. The van der Waals surface area contributed by atoms with E-state index in [9.17, 15) is 0 Å². The van der Waals surface area contributed by atoms with E-state index in [4.69, 9.17) is 5.73 Å². The van der Waals surface area contributed by atoms with Gasteiger partial charge in [-0.3, -0.25) is 9.97 Å². The van der Waals surface area contributed by atoms with Crippen LogP contribution in [0.3, 0.4) is 0 Å². The Morgan fingerprint density at radius 2 is 2.21 bits per heavy atom. The van der Waals surface area contributed by atoms with E-state index in [0.29, 0.717) is 0 Å². The second-order valence-electron chi connectivity index (χ2n) is 3.15. The summed E-state index contributed by atoms with van der Waals surface area (Å²) in [6.45, 7) is 3.74. The van der Waals surface area contributed by atoms with Crippen LogP contribution in [0, 0.1) is 18.8 Å². The molecular formula is C11H15N3. The van der Waals surface area contributed by atoms with E-state index in [1.54, 1.807) is 12.4 Å². The Hall–Kier alpha value is -1.40. The van der Waals surface area contributed by atoms with Gasteiger partial charge >= 0.3 is 0 Å². The van der Waals surface area contributed by atoms with Gasteiger partial charge < -0.3 is 5.73 Å². The maximum Gasteiger partial charge on any atom is 0.0754 e. The summed E-state index contributed by atoms with van der Waals surface area (Å²) in [7, 11) is 0. The average molecular weight is 189 g/mol. The van der Waals surface area contributed by atoms with Crippen LogP contribution in [-0.4, -0.2) is 9.97 Å². The molecule has 74 valence electrons. The molecule has 1 atom stereocenters. The van der Waals surface area contributed by atoms with Crippen LogP contribution in [-0.2, 0) is 0 Å². The minimum atomic E-state index is -0.0519. The molecule has 0 radical (unpaired) electrons. The van der Waals surface area contributed by atoms with Crippen LogP contribution in [0.5, 0.6) is 0 Å². The highest BCUT2D eigenvalue weighted by Crippen LogP contribution is 2.11. The van der Waals surface area contributed by atoms with Crippen LogP contribution in [0.15, 0.2) is 12.4 Å². The largest absolute Gasteiger partial charge is 0.323 e. The van der Waals surface area contributed by atoms with Gasteiger partial charge in [0.1, 0.15) is 0 Å². The van der Waals surface area contributed by atoms with Gasteiger partial charge in [0, 0.05) is 18.7 Å². The van der Waals surface area contributed by atoms with Gasteiger partial charge in [-0.2, -0.15) is 0 Å². The van der Waals surface area contributed by atoms with Crippen molar-refractivity contribution in [3.8, 4) is 11.8 Å². The lowest BCUT2D eigenvalue weighted by Gasteiger charge is -2.08. The van der Waals surface area contributed by atoms with E-state index in [2.05, 4.69) is 21.8 Å². The fourth-order valence-corrected chi connectivity index (χ4v) is 1.09. The van der Waals surface area contributed by atoms with Crippen molar-refractivity contribution in [3.05, 3.63) is 23.8 Å². The van der Waals surface area contributed by atoms with Gasteiger partial charge in [0.2, 0.25) is 0 Å². The molecule has 0 aliphatic carbocycles. The second kappa shape index (κ2) is 5.36. The van der Waals surface area contributed by atoms with Crippen molar-refractivity contribution in [2.24, 2.45) is 5.73 Å². The van der Waals surface area contributed by atoms with E-state index in [-0.39, 0.29) is 6.04 Å². The van der Waals surface area contributed by atoms with Gasteiger partial charge in [-0.1, -0.05) is 0 Å². The molecule has 14 heavy (non-hydrogen) atoms. The first kappa shape index (κ1) is 10.7. The van der Waals surface area contributed by atoms with Gasteiger partial charge in [-0.05, 0) is 20.3 Å². The highest BCUT2D eigenvalue weighted by molar-refractivity contribution is 5.06. The molecule has 1 aromatic heterocycles. The summed E-state index contributed by atoms with van der Waals surface area (Å²) in [5.74, 6) is 5.82. The smallest absolute Gasteiger partial charge is 0.0754 e. The minimum Gasteiger partial charge on any atom is -0.323 e. The highest BCUT2D eigenvalue weighted by atomic mass is 14.8. The summed E-state index contributed by atoms with van der Waals surface area (Å²) in [4.78, 5) is 8.37. The zero-order chi connectivity index (χ0) is 10.4. The second-order valence-corrected chi connectivity index (χ2v) is 3.15. The lowest BCUT2D eigenvalue weighted by Crippen LogP contribution is -2.12. The fraction of sp³-hybridized carbons (Fsp3) is 0.455. The average Bonchev–Trinajstić information content (AvgIpc) is 2.19. The Morgan fingerprint density at radius 3 is 2.79 bits per heavy atom. The third-order valence-corrected chi connectivity index (χ3v) is 1.94. The van der Waals surface area contributed by atoms with Crippen LogP contribution in [0.25, 0.3) is 0 Å². The number of hydrogen-bond donors (Lipinski definition) is 1. The molecule has 0 bridgehead atoms. The Morgan fingerprint density at radius 1 is 1.43 bits per heavy atom. The zero-order valence-corrected chi connectivity index (χ0v) is 8.62. The maximum absolute atomic E-state index is 5.92. The van der Waals surface area contributed by atoms with E-state index in [1.165, 1.54) is 0 Å². The molecule has 1 unspecified atom stereocenters. The van der Waals surface area contributed by atoms with Crippen LogP contribution >= 0.6 is 0 Å². The maximum atomic E-state index is 5.92. The molecule has 0 fully saturated rings.